The second-order valence-corrected chi connectivity index (χ2v) is 6.53. The van der Waals surface area contributed by atoms with Crippen molar-refractivity contribution in [3.63, 3.8) is 0 Å². The Morgan fingerprint density at radius 2 is 1.73 bits per heavy atom. The lowest BCUT2D eigenvalue weighted by atomic mass is 10.0. The molecule has 0 saturated carbocycles. The van der Waals surface area contributed by atoms with Crippen molar-refractivity contribution in [2.24, 2.45) is 0 Å². The molecular weight excluding hydrogens is 333 g/mol. The van der Waals surface area contributed by atoms with Crippen LogP contribution in [0.25, 0.3) is 10.9 Å². The molecule has 3 rings (SSSR count). The van der Waals surface area contributed by atoms with E-state index in [9.17, 15) is 14.0 Å². The van der Waals surface area contributed by atoms with Gasteiger partial charge in [0.1, 0.15) is 11.6 Å². The fraction of sp³-hybridized carbons (Fsp3) is 0.250. The molecule has 134 valence electrons. The molecule has 0 aliphatic rings. The van der Waals surface area contributed by atoms with Gasteiger partial charge < -0.3 is 0 Å². The van der Waals surface area contributed by atoms with Crippen LogP contribution in [0, 0.1) is 5.82 Å². The molecule has 0 bridgehead atoms. The first-order chi connectivity index (χ1) is 12.4. The van der Waals surface area contributed by atoms with Gasteiger partial charge in [-0.15, -0.1) is 0 Å². The molecule has 5 nitrogen and oxygen atoms in total. The first kappa shape index (κ1) is 17.8. The summed E-state index contributed by atoms with van der Waals surface area (Å²) in [6.45, 7) is 5.52. The fourth-order valence-electron chi connectivity index (χ4n) is 2.76. The Hall–Kier alpha value is -3.02. The summed E-state index contributed by atoms with van der Waals surface area (Å²) in [6.07, 6.45) is 0. The topological polar surface area (TPSA) is 64.0 Å². The van der Waals surface area contributed by atoms with Gasteiger partial charge >= 0.3 is 0 Å². The van der Waals surface area contributed by atoms with Gasteiger partial charge in [-0.25, -0.2) is 14.1 Å². The van der Waals surface area contributed by atoms with Gasteiger partial charge in [0, 0.05) is 5.92 Å². The predicted molar refractivity (Wildman–Crippen MR) is 99.3 cm³/mol. The number of hydrogen-bond donors (Lipinski definition) is 1. The van der Waals surface area contributed by atoms with Crippen LogP contribution in [-0.4, -0.2) is 15.6 Å². The third kappa shape index (κ3) is 3.35. The Labute approximate surface area is 150 Å². The fourth-order valence-corrected chi connectivity index (χ4v) is 2.76. The van der Waals surface area contributed by atoms with E-state index >= 15 is 0 Å². The monoisotopic (exact) mass is 353 g/mol. The predicted octanol–water partition coefficient (Wildman–Crippen LogP) is 3.53. The second-order valence-electron chi connectivity index (χ2n) is 6.53. The quantitative estimate of drug-likeness (QED) is 0.780. The number of hydrogen-bond acceptors (Lipinski definition) is 3. The molecule has 2 aromatic carbocycles. The molecule has 3 aromatic rings. The van der Waals surface area contributed by atoms with Crippen molar-refractivity contribution in [1.29, 1.82) is 0 Å². The van der Waals surface area contributed by atoms with Crippen molar-refractivity contribution < 1.29 is 9.18 Å². The van der Waals surface area contributed by atoms with Gasteiger partial charge in [0.05, 0.1) is 16.8 Å². The van der Waals surface area contributed by atoms with Crippen molar-refractivity contribution >= 4 is 16.8 Å². The van der Waals surface area contributed by atoms with Crippen LogP contribution in [0.3, 0.4) is 0 Å². The largest absolute Gasteiger partial charge is 0.280 e. The van der Waals surface area contributed by atoms with Crippen LogP contribution in [0.1, 0.15) is 44.0 Å². The van der Waals surface area contributed by atoms with E-state index < -0.39 is 5.92 Å². The lowest BCUT2D eigenvalue weighted by molar-refractivity contribution is -0.118. The Kier molecular flexibility index (Phi) is 4.84. The van der Waals surface area contributed by atoms with E-state index in [2.05, 4.69) is 10.4 Å². The Morgan fingerprint density at radius 1 is 1.08 bits per heavy atom. The summed E-state index contributed by atoms with van der Waals surface area (Å²) in [7, 11) is 0. The highest BCUT2D eigenvalue weighted by atomic mass is 19.1. The van der Waals surface area contributed by atoms with Crippen molar-refractivity contribution in [2.75, 3.05) is 5.43 Å². The van der Waals surface area contributed by atoms with Crippen LogP contribution in [-0.2, 0) is 4.79 Å². The van der Waals surface area contributed by atoms with Crippen molar-refractivity contribution in [1.82, 2.24) is 9.66 Å². The minimum absolute atomic E-state index is 0.0614. The van der Waals surface area contributed by atoms with E-state index in [-0.39, 0.29) is 23.2 Å². The highest BCUT2D eigenvalue weighted by Gasteiger charge is 2.20. The number of nitrogens with one attached hydrogen (secondary N) is 1. The number of carbonyl (C=O) groups is 1. The Morgan fingerprint density at radius 3 is 2.38 bits per heavy atom. The van der Waals surface area contributed by atoms with Crippen LogP contribution >= 0.6 is 0 Å². The summed E-state index contributed by atoms with van der Waals surface area (Å²) < 4.78 is 14.3. The van der Waals surface area contributed by atoms with Gasteiger partial charge in [-0.3, -0.25) is 15.0 Å². The van der Waals surface area contributed by atoms with Crippen LogP contribution in [0.2, 0.25) is 0 Å². The van der Waals surface area contributed by atoms with Gasteiger partial charge in [-0.2, -0.15) is 0 Å². The number of aromatic nitrogens is 2. The molecule has 0 aliphatic heterocycles. The van der Waals surface area contributed by atoms with Crippen molar-refractivity contribution in [3.8, 4) is 0 Å². The van der Waals surface area contributed by atoms with Crippen LogP contribution in [0.4, 0.5) is 4.39 Å². The average Bonchev–Trinajstić information content (AvgIpc) is 2.63. The summed E-state index contributed by atoms with van der Waals surface area (Å²) >= 11 is 0. The van der Waals surface area contributed by atoms with Gasteiger partial charge in [0.25, 0.3) is 5.56 Å². The summed E-state index contributed by atoms with van der Waals surface area (Å²) in [5, 5.41) is 0.437. The molecule has 0 fully saturated rings. The Balaban J connectivity index is 2.00. The molecule has 1 unspecified atom stereocenters. The van der Waals surface area contributed by atoms with E-state index in [1.165, 1.54) is 16.8 Å². The molecule has 0 saturated heterocycles. The summed E-state index contributed by atoms with van der Waals surface area (Å²) in [5.41, 5.74) is 3.61. The van der Waals surface area contributed by atoms with E-state index in [0.29, 0.717) is 22.3 Å². The smallest absolute Gasteiger partial charge is 0.273 e. The minimum atomic E-state index is -0.547. The summed E-state index contributed by atoms with van der Waals surface area (Å²) in [6, 6.07) is 12.8. The molecule has 0 spiro atoms. The number of fused-ring (bicyclic) bond motifs is 1. The molecule has 26 heavy (non-hydrogen) atoms. The number of amides is 1. The molecule has 1 atom stereocenters. The van der Waals surface area contributed by atoms with Gasteiger partial charge in [-0.05, 0) is 36.8 Å². The Bertz CT molecular complexity index is 1010. The van der Waals surface area contributed by atoms with Crippen molar-refractivity contribution in [3.05, 3.63) is 76.1 Å². The molecule has 1 heterocycles. The van der Waals surface area contributed by atoms with Crippen molar-refractivity contribution in [2.45, 2.75) is 32.6 Å². The lowest BCUT2D eigenvalue weighted by Crippen LogP contribution is -2.38. The number of nitrogens with zero attached hydrogens (tertiary/aromatic N) is 2. The zero-order valence-electron chi connectivity index (χ0n) is 14.9. The number of rotatable bonds is 4. The van der Waals surface area contributed by atoms with Gasteiger partial charge in [-0.1, -0.05) is 38.1 Å². The molecular formula is C20H20FN3O2. The maximum absolute atomic E-state index is 13.1. The molecule has 1 N–H and O–H groups in total. The number of benzene rings is 2. The van der Waals surface area contributed by atoms with Crippen LogP contribution < -0.4 is 11.0 Å². The van der Waals surface area contributed by atoms with E-state index in [1.54, 1.807) is 37.3 Å². The maximum atomic E-state index is 13.1. The van der Waals surface area contributed by atoms with E-state index in [1.807, 2.05) is 19.9 Å². The maximum Gasteiger partial charge on any atom is 0.280 e. The standard InChI is InChI=1S/C20H20FN3O2/c1-12(2)18-22-17-7-5-4-6-16(17)20(26)24(18)23-19(25)13(3)14-8-10-15(21)11-9-14/h4-13H,1-3H3,(H,23,25). The third-order valence-corrected chi connectivity index (χ3v) is 4.30. The van der Waals surface area contributed by atoms with Crippen LogP contribution in [0.5, 0.6) is 0 Å². The van der Waals surface area contributed by atoms with Gasteiger partial charge in [0.2, 0.25) is 5.91 Å². The SMILES string of the molecule is CC(C)c1nc2ccccc2c(=O)n1NC(=O)C(C)c1ccc(F)cc1. The minimum Gasteiger partial charge on any atom is -0.273 e. The molecule has 6 heteroatoms. The number of halogens is 1. The molecule has 1 aromatic heterocycles. The molecule has 1 amide bonds. The lowest BCUT2D eigenvalue weighted by Gasteiger charge is -2.19. The molecule has 0 aliphatic carbocycles. The van der Waals surface area contributed by atoms with E-state index in [0.717, 1.165) is 0 Å². The highest BCUT2D eigenvalue weighted by Crippen LogP contribution is 2.18. The molecule has 0 radical (unpaired) electrons. The summed E-state index contributed by atoms with van der Waals surface area (Å²) in [4.78, 5) is 30.1. The second kappa shape index (κ2) is 7.07. The highest BCUT2D eigenvalue weighted by molar-refractivity contribution is 5.90. The van der Waals surface area contributed by atoms with Gasteiger partial charge in [0.15, 0.2) is 0 Å². The number of para-hydroxylation sites is 1. The first-order valence-electron chi connectivity index (χ1n) is 8.46. The normalized spacial score (nSPS) is 12.3. The zero-order valence-corrected chi connectivity index (χ0v) is 14.9. The zero-order chi connectivity index (χ0) is 18.8. The summed E-state index contributed by atoms with van der Waals surface area (Å²) in [5.74, 6) is -0.854. The average molecular weight is 353 g/mol. The first-order valence-corrected chi connectivity index (χ1v) is 8.46. The number of carbonyl (C=O) groups excluding carboxylic acids is 1. The van der Waals surface area contributed by atoms with E-state index in [4.69, 9.17) is 0 Å². The van der Waals surface area contributed by atoms with Crippen LogP contribution in [0.15, 0.2) is 53.3 Å². The third-order valence-electron chi connectivity index (χ3n) is 4.30.